The second-order valence-corrected chi connectivity index (χ2v) is 4.24. The van der Waals surface area contributed by atoms with Crippen LogP contribution in [0.15, 0.2) is 18.3 Å². The van der Waals surface area contributed by atoms with E-state index < -0.39 is 6.04 Å². The van der Waals surface area contributed by atoms with Gasteiger partial charge in [-0.25, -0.2) is 4.98 Å². The average molecular weight is 246 g/mol. The van der Waals surface area contributed by atoms with Gasteiger partial charge >= 0.3 is 0 Å². The van der Waals surface area contributed by atoms with Gasteiger partial charge in [0.05, 0.1) is 11.6 Å². The molecule has 0 spiro atoms. The van der Waals surface area contributed by atoms with Crippen LogP contribution in [-0.4, -0.2) is 31.0 Å². The lowest BCUT2D eigenvalue weighted by Gasteiger charge is -2.12. The molecule has 0 bridgehead atoms. The first-order chi connectivity index (χ1) is 8.58. The van der Waals surface area contributed by atoms with Gasteiger partial charge in [0.1, 0.15) is 11.9 Å². The van der Waals surface area contributed by atoms with Crippen molar-refractivity contribution in [2.75, 3.05) is 19.0 Å². The average Bonchev–Trinajstić information content (AvgIpc) is 2.38. The molecule has 1 atom stereocenters. The molecular formula is C13H18N4O. The maximum absolute atomic E-state index is 11.9. The Balaban J connectivity index is 2.70. The van der Waals surface area contributed by atoms with Gasteiger partial charge < -0.3 is 10.2 Å². The molecule has 0 saturated carbocycles. The summed E-state index contributed by atoms with van der Waals surface area (Å²) in [5.74, 6) is 0.532. The smallest absolute Gasteiger partial charge is 0.253 e. The molecule has 0 saturated heterocycles. The Kier molecular flexibility index (Phi) is 5.12. The predicted molar refractivity (Wildman–Crippen MR) is 70.3 cm³/mol. The van der Waals surface area contributed by atoms with Crippen molar-refractivity contribution in [3.63, 3.8) is 0 Å². The number of hydrogen-bond acceptors (Lipinski definition) is 4. The van der Waals surface area contributed by atoms with E-state index in [2.05, 4.69) is 16.4 Å². The molecule has 0 radical (unpaired) electrons. The van der Waals surface area contributed by atoms with E-state index in [0.717, 1.165) is 12.2 Å². The molecular weight excluding hydrogens is 228 g/mol. The van der Waals surface area contributed by atoms with E-state index in [1.54, 1.807) is 12.1 Å². The van der Waals surface area contributed by atoms with Gasteiger partial charge in [-0.1, -0.05) is 13.3 Å². The second kappa shape index (κ2) is 6.60. The fourth-order valence-corrected chi connectivity index (χ4v) is 1.48. The number of nitrogens with one attached hydrogen (secondary N) is 1. The Morgan fingerprint density at radius 3 is 2.72 bits per heavy atom. The molecule has 1 aromatic heterocycles. The lowest BCUT2D eigenvalue weighted by Crippen LogP contribution is -2.33. The number of pyridine rings is 1. The van der Waals surface area contributed by atoms with Crippen LogP contribution in [0.25, 0.3) is 0 Å². The van der Waals surface area contributed by atoms with E-state index in [1.807, 2.05) is 25.9 Å². The summed E-state index contributed by atoms with van der Waals surface area (Å²) in [7, 11) is 3.77. The van der Waals surface area contributed by atoms with Gasteiger partial charge in [0.2, 0.25) is 0 Å². The summed E-state index contributed by atoms with van der Waals surface area (Å²) in [4.78, 5) is 17.9. The Morgan fingerprint density at radius 2 is 2.28 bits per heavy atom. The molecule has 5 nitrogen and oxygen atoms in total. The molecule has 1 aromatic rings. The van der Waals surface area contributed by atoms with Crippen molar-refractivity contribution in [2.45, 2.75) is 25.8 Å². The van der Waals surface area contributed by atoms with Crippen LogP contribution in [-0.2, 0) is 0 Å². The molecule has 1 amide bonds. The lowest BCUT2D eigenvalue weighted by atomic mass is 10.1. The Morgan fingerprint density at radius 1 is 1.56 bits per heavy atom. The summed E-state index contributed by atoms with van der Waals surface area (Å²) in [6, 6.07) is 5.12. The number of nitrogens with zero attached hydrogens (tertiary/aromatic N) is 3. The van der Waals surface area contributed by atoms with Gasteiger partial charge in [0.15, 0.2) is 0 Å². The van der Waals surface area contributed by atoms with Gasteiger partial charge in [0, 0.05) is 20.3 Å². The second-order valence-electron chi connectivity index (χ2n) is 4.24. The predicted octanol–water partition coefficient (Wildman–Crippen LogP) is 1.57. The van der Waals surface area contributed by atoms with Crippen molar-refractivity contribution in [2.24, 2.45) is 0 Å². The number of nitriles is 1. The third-order valence-corrected chi connectivity index (χ3v) is 2.51. The highest BCUT2D eigenvalue weighted by Gasteiger charge is 2.12. The van der Waals surface area contributed by atoms with E-state index >= 15 is 0 Å². The van der Waals surface area contributed by atoms with E-state index in [1.165, 1.54) is 6.20 Å². The van der Waals surface area contributed by atoms with Gasteiger partial charge in [0.25, 0.3) is 5.91 Å². The first-order valence-electron chi connectivity index (χ1n) is 5.92. The minimum atomic E-state index is -0.434. The zero-order valence-electron chi connectivity index (χ0n) is 11.0. The van der Waals surface area contributed by atoms with Crippen LogP contribution >= 0.6 is 0 Å². The summed E-state index contributed by atoms with van der Waals surface area (Å²) in [5.41, 5.74) is 0.469. The molecule has 18 heavy (non-hydrogen) atoms. The first-order valence-corrected chi connectivity index (χ1v) is 5.92. The summed E-state index contributed by atoms with van der Waals surface area (Å²) < 4.78 is 0. The van der Waals surface area contributed by atoms with Crippen LogP contribution in [0.3, 0.4) is 0 Å². The van der Waals surface area contributed by atoms with Crippen molar-refractivity contribution in [3.8, 4) is 6.07 Å². The van der Waals surface area contributed by atoms with Crippen LogP contribution in [0.1, 0.15) is 30.1 Å². The number of carbonyl (C=O) groups excluding carboxylic acids is 1. The van der Waals surface area contributed by atoms with Crippen molar-refractivity contribution < 1.29 is 4.79 Å². The largest absolute Gasteiger partial charge is 0.363 e. The summed E-state index contributed by atoms with van der Waals surface area (Å²) in [6.07, 6.45) is 3.03. The van der Waals surface area contributed by atoms with Crippen LogP contribution < -0.4 is 10.2 Å². The minimum absolute atomic E-state index is 0.257. The number of hydrogen-bond donors (Lipinski definition) is 1. The van der Waals surface area contributed by atoms with Crippen LogP contribution in [0, 0.1) is 11.3 Å². The first kappa shape index (κ1) is 14.0. The maximum Gasteiger partial charge on any atom is 0.253 e. The lowest BCUT2D eigenvalue weighted by molar-refractivity contribution is 0.0943. The van der Waals surface area contributed by atoms with Crippen molar-refractivity contribution >= 4 is 11.7 Å². The van der Waals surface area contributed by atoms with E-state index in [4.69, 9.17) is 5.26 Å². The quantitative estimate of drug-likeness (QED) is 0.856. The molecule has 1 heterocycles. The van der Waals surface area contributed by atoms with Crippen molar-refractivity contribution in [1.29, 1.82) is 5.26 Å². The number of amides is 1. The normalized spacial score (nSPS) is 11.4. The zero-order valence-corrected chi connectivity index (χ0v) is 11.0. The molecule has 0 aliphatic rings. The third-order valence-electron chi connectivity index (χ3n) is 2.51. The van der Waals surface area contributed by atoms with E-state index in [9.17, 15) is 4.79 Å². The summed E-state index contributed by atoms with van der Waals surface area (Å²) >= 11 is 0. The molecule has 5 heteroatoms. The molecule has 1 N–H and O–H groups in total. The topological polar surface area (TPSA) is 69.0 Å². The number of anilines is 1. The zero-order chi connectivity index (χ0) is 13.5. The minimum Gasteiger partial charge on any atom is -0.363 e. The fourth-order valence-electron chi connectivity index (χ4n) is 1.48. The third kappa shape index (κ3) is 3.74. The van der Waals surface area contributed by atoms with Gasteiger partial charge in [-0.3, -0.25) is 4.79 Å². The molecule has 0 fully saturated rings. The highest BCUT2D eigenvalue weighted by Crippen LogP contribution is 2.08. The molecule has 96 valence electrons. The number of rotatable bonds is 5. The monoisotopic (exact) mass is 246 g/mol. The van der Waals surface area contributed by atoms with Crippen molar-refractivity contribution in [3.05, 3.63) is 23.9 Å². The fraction of sp³-hybridized carbons (Fsp3) is 0.462. The SMILES string of the molecule is CCC[C@@H](C#N)NC(=O)c1ccc(N(C)C)nc1. The Bertz CT molecular complexity index is 433. The van der Waals surface area contributed by atoms with E-state index in [-0.39, 0.29) is 5.91 Å². The van der Waals surface area contributed by atoms with Crippen molar-refractivity contribution in [1.82, 2.24) is 10.3 Å². The molecule has 0 aliphatic heterocycles. The Hall–Kier alpha value is -2.09. The highest BCUT2D eigenvalue weighted by molar-refractivity contribution is 5.94. The van der Waals surface area contributed by atoms with Crippen LogP contribution in [0.4, 0.5) is 5.82 Å². The van der Waals surface area contributed by atoms with E-state index in [0.29, 0.717) is 12.0 Å². The number of aromatic nitrogens is 1. The molecule has 0 aliphatic carbocycles. The molecule has 1 rings (SSSR count). The van der Waals surface area contributed by atoms with Gasteiger partial charge in [-0.05, 0) is 18.6 Å². The van der Waals surface area contributed by atoms with Gasteiger partial charge in [-0.2, -0.15) is 5.26 Å². The molecule has 0 unspecified atom stereocenters. The standard InChI is InChI=1S/C13H18N4O/c1-4-5-11(8-14)16-13(18)10-6-7-12(15-9-10)17(2)3/h6-7,9,11H,4-5H2,1-3H3,(H,16,18)/t11-/m0/s1. The Labute approximate surface area is 107 Å². The maximum atomic E-state index is 11.9. The summed E-state index contributed by atoms with van der Waals surface area (Å²) in [6.45, 7) is 1.98. The number of carbonyl (C=O) groups is 1. The van der Waals surface area contributed by atoms with Gasteiger partial charge in [-0.15, -0.1) is 0 Å². The summed E-state index contributed by atoms with van der Waals surface area (Å²) in [5, 5.41) is 11.6. The molecule has 0 aromatic carbocycles. The van der Waals surface area contributed by atoms with Crippen LogP contribution in [0.5, 0.6) is 0 Å². The highest BCUT2D eigenvalue weighted by atomic mass is 16.1. The van der Waals surface area contributed by atoms with Crippen LogP contribution in [0.2, 0.25) is 0 Å².